The van der Waals surface area contributed by atoms with Gasteiger partial charge in [-0.3, -0.25) is 81.5 Å². The minimum Gasteiger partial charge on any atom is -0.508 e. The summed E-state index contributed by atoms with van der Waals surface area (Å²) in [4.78, 5) is 258. The number of aliphatic hydroxyl groups excluding tert-OH is 2. The summed E-state index contributed by atoms with van der Waals surface area (Å²) in [7, 11) is 3.54. The minimum absolute atomic E-state index is 0.148. The highest BCUT2D eigenvalue weighted by atomic mass is 32.2. The molecule has 3 aliphatic heterocycles. The predicted molar refractivity (Wildman–Crippen MR) is 481 cm³/mol. The molecule has 3 saturated heterocycles. The molecule has 0 radical (unpaired) electrons. The highest BCUT2D eigenvalue weighted by Gasteiger charge is 2.49. The number of H-pyrrole nitrogens is 1. The number of unbranched alkanes of at least 4 members (excludes halogenated alkanes) is 1. The van der Waals surface area contributed by atoms with Crippen molar-refractivity contribution in [3.8, 4) is 5.75 Å². The van der Waals surface area contributed by atoms with E-state index in [1.54, 1.807) is 112 Å². The van der Waals surface area contributed by atoms with E-state index in [4.69, 9.17) is 11.5 Å². The number of para-hydroxylation sites is 1. The predicted octanol–water partition coefficient (Wildman–Crippen LogP) is -0.322. The number of fused-ring (bicyclic) bond motifs is 3. The number of aromatic amines is 1. The molecule has 1 aromatic heterocycles. The Bertz CT molecular complexity index is 5250. The molecule has 16 amide bonds. The number of phenolic OH excluding ortho intramolecular Hbond substituents is 1. The average Bonchev–Trinajstić information content (AvgIpc) is 1.62. The van der Waals surface area contributed by atoms with Gasteiger partial charge >= 0.3 is 5.97 Å². The minimum atomic E-state index is -2.07. The molecule has 0 saturated carbocycles. The Kier molecular flexibility index (Phi) is 37.5. The first-order valence-corrected chi connectivity index (χ1v) is 45.0. The summed E-state index contributed by atoms with van der Waals surface area (Å²) in [5.41, 5.74) is 13.0. The van der Waals surface area contributed by atoms with Gasteiger partial charge in [0.2, 0.25) is 94.5 Å². The Morgan fingerprint density at radius 3 is 1.57 bits per heavy atom. The molecule has 42 heteroatoms. The summed E-state index contributed by atoms with van der Waals surface area (Å²) in [5.74, 6) is -27.2. The van der Waals surface area contributed by atoms with Gasteiger partial charge in [0.1, 0.15) is 84.3 Å². The van der Waals surface area contributed by atoms with Gasteiger partial charge in [0.05, 0.1) is 37.3 Å². The number of primary amides is 2. The molecular weight excluding hydrogens is 1770 g/mol. The van der Waals surface area contributed by atoms with E-state index >= 15 is 51.9 Å². The normalized spacial score (nSPS) is 24.6. The second-order valence-electron chi connectivity index (χ2n) is 34.5. The van der Waals surface area contributed by atoms with Crippen LogP contribution in [0.4, 0.5) is 13.2 Å². The number of rotatable bonds is 23. The Morgan fingerprint density at radius 1 is 0.507 bits per heavy atom. The van der Waals surface area contributed by atoms with Crippen molar-refractivity contribution in [3.05, 3.63) is 173 Å². The van der Waals surface area contributed by atoms with Crippen molar-refractivity contribution in [3.63, 3.8) is 0 Å². The fourth-order valence-corrected chi connectivity index (χ4v) is 17.2. The summed E-state index contributed by atoms with van der Waals surface area (Å²) in [5, 5.41) is 67.0. The first-order chi connectivity index (χ1) is 63.5. The Morgan fingerprint density at radius 2 is 1.01 bits per heavy atom. The number of phenols is 1. The van der Waals surface area contributed by atoms with Crippen LogP contribution < -0.4 is 59.3 Å². The number of nitrogens with two attached hydrogens (primary N) is 2. The van der Waals surface area contributed by atoms with Crippen LogP contribution in [0.25, 0.3) is 10.9 Å². The number of carboxylic acids is 1. The van der Waals surface area contributed by atoms with Crippen molar-refractivity contribution in [1.82, 2.24) is 77.3 Å². The molecule has 5 aromatic carbocycles. The third-order valence-electron chi connectivity index (χ3n) is 23.5. The number of aromatic nitrogens is 1. The van der Waals surface area contributed by atoms with E-state index < -0.39 is 296 Å². The summed E-state index contributed by atoms with van der Waals surface area (Å²) in [6, 6.07) is 6.70. The number of halogens is 3. The smallest absolute Gasteiger partial charge is 0.305 e. The van der Waals surface area contributed by atoms with Gasteiger partial charge in [0.25, 0.3) is 0 Å². The van der Waals surface area contributed by atoms with E-state index in [-0.39, 0.29) is 44.3 Å². The SMILES string of the molecule is CCCC[C@H]1C(=O)N2C[C@H](O)C[C@@H]2C(=O)N[C@@H](CC(=O)O)C(=O)N[C@@H](C(C)C)C(=O)N(C)[C@@H](Cc2ccccc2)C(=O)N[C@@H](CC(N)=O)C(=O)N2C[C@H](O)C[C@@H]2C(=O)N[C@@H](Cc2c[nH]c3ccccc23)C(=O)N[C@@H](Cc2ccc(O)cc2)C(=O)N[C@@H](CC(C)C)C(=O)N[C@H](C(=O)NCC(N)=O)CSCC(=O)N[C@@H](Cc2cc(F)c(F)c(F)c2)C(=O)N(C)[C@@H](Cc2ccccc2)C(=O)N1C. The summed E-state index contributed by atoms with van der Waals surface area (Å²) in [6.07, 6.45) is -6.60. The van der Waals surface area contributed by atoms with Crippen molar-refractivity contribution in [2.75, 3.05) is 52.3 Å². The Hall–Kier alpha value is -13.5. The molecule has 722 valence electrons. The third-order valence-corrected chi connectivity index (χ3v) is 24.5. The lowest BCUT2D eigenvalue weighted by atomic mass is 9.98. The van der Waals surface area contributed by atoms with Gasteiger partial charge in [0.15, 0.2) is 17.5 Å². The maximum Gasteiger partial charge on any atom is 0.305 e. The molecule has 0 bridgehead atoms. The van der Waals surface area contributed by atoms with Crippen molar-refractivity contribution in [2.24, 2.45) is 23.3 Å². The Labute approximate surface area is 774 Å². The van der Waals surface area contributed by atoms with E-state index in [1.165, 1.54) is 52.2 Å². The molecule has 0 spiro atoms. The van der Waals surface area contributed by atoms with Crippen LogP contribution in [0.2, 0.25) is 0 Å². The number of likely N-dealkylation sites (N-methyl/N-ethyl adjacent to an activating group) is 3. The number of carboxylic acid groups (broad SMARTS) is 1. The molecule has 18 N–H and O–H groups in total. The first kappa shape index (κ1) is 104. The van der Waals surface area contributed by atoms with E-state index in [1.807, 2.05) is 0 Å². The lowest BCUT2D eigenvalue weighted by molar-refractivity contribution is -0.152. The van der Waals surface area contributed by atoms with Gasteiger partial charge in [0, 0.05) is 102 Å². The number of aromatic hydroxyl groups is 1. The second kappa shape index (κ2) is 48.2. The van der Waals surface area contributed by atoms with Crippen LogP contribution >= 0.6 is 11.8 Å². The van der Waals surface area contributed by atoms with Crippen LogP contribution in [-0.4, -0.2) is 293 Å². The average molecular weight is 1890 g/mol. The highest BCUT2D eigenvalue weighted by Crippen LogP contribution is 2.29. The third kappa shape index (κ3) is 28.5. The van der Waals surface area contributed by atoms with Gasteiger partial charge in [-0.15, -0.1) is 11.8 Å². The zero-order valence-corrected chi connectivity index (χ0v) is 76.1. The fraction of sp³-hybridized carbons (Fsp3) is 0.467. The zero-order chi connectivity index (χ0) is 98.2. The highest BCUT2D eigenvalue weighted by molar-refractivity contribution is 8.00. The van der Waals surface area contributed by atoms with Gasteiger partial charge in [-0.1, -0.05) is 138 Å². The number of carbonyl (C=O) groups is 17. The van der Waals surface area contributed by atoms with Crippen LogP contribution in [-0.2, 0) is 114 Å². The molecule has 6 aromatic rings. The number of hydrogen-bond donors (Lipinski definition) is 16. The topological polar surface area (TPSA) is 563 Å². The number of hydrogen-bond acceptors (Lipinski definition) is 21. The van der Waals surface area contributed by atoms with E-state index in [0.29, 0.717) is 63.5 Å². The van der Waals surface area contributed by atoms with Gasteiger partial charge in [-0.05, 0) is 82.8 Å². The number of amides is 16. The van der Waals surface area contributed by atoms with E-state index in [9.17, 15) is 63.2 Å². The summed E-state index contributed by atoms with van der Waals surface area (Å²) < 4.78 is 45.1. The number of aliphatic hydroxyl groups is 2. The summed E-state index contributed by atoms with van der Waals surface area (Å²) >= 11 is 0.641. The van der Waals surface area contributed by atoms with Crippen LogP contribution in [0.1, 0.15) is 114 Å². The summed E-state index contributed by atoms with van der Waals surface area (Å²) in [6.45, 7) is 6.07. The fourth-order valence-electron chi connectivity index (χ4n) is 16.3. The van der Waals surface area contributed by atoms with Crippen LogP contribution in [0, 0.1) is 29.3 Å². The van der Waals surface area contributed by atoms with Crippen molar-refractivity contribution in [1.29, 1.82) is 0 Å². The molecule has 3 aliphatic rings. The number of carbonyl (C=O) groups excluding carboxylic acids is 16. The Balaban J connectivity index is 1.14. The molecule has 15 atom stereocenters. The largest absolute Gasteiger partial charge is 0.508 e. The number of nitrogens with one attached hydrogen (secondary N) is 10. The van der Waals surface area contributed by atoms with Crippen LogP contribution in [0.15, 0.2) is 128 Å². The van der Waals surface area contributed by atoms with Crippen molar-refractivity contribution in [2.45, 2.75) is 209 Å². The lowest BCUT2D eigenvalue weighted by Crippen LogP contribution is -2.62. The number of benzene rings is 5. The van der Waals surface area contributed by atoms with E-state index in [0.717, 1.165) is 31.5 Å². The molecular formula is C92H116F3N17O21S. The molecule has 4 heterocycles. The molecule has 38 nitrogen and oxygen atoms in total. The van der Waals surface area contributed by atoms with Gasteiger partial charge in [-0.2, -0.15) is 0 Å². The first-order valence-electron chi connectivity index (χ1n) is 43.9. The van der Waals surface area contributed by atoms with Crippen LogP contribution in [0.3, 0.4) is 0 Å². The standard InChI is InChI=1S/C92H116F3N17O21S/c1-9-10-25-69-91(132)112-45-57(115)39-72(112)87(128)104-65(41-77(119)120)84(125)107-79(49(4)5)92(133)109(7)70(35-50-19-13-11-14-20-50)85(126)105-67(40-74(96)116)89(130)111-44-56(114)38-71(111)86(127)103-64(37-54-42-98-61-24-18-17-23-58(54)61)83(124)102-63(33-52-26-28-55(113)29-27-52)82(123)101-62(30-48(2)3)81(122)106-68(80(121)99-43-75(97)117)46-134-47-76(118)100-66(34-53-31-59(93)78(95)60(94)32-53)88(129)110(8)73(90(131)108(69)6)36-51-21-15-12-16-22-51/h11-24,26-29,31-32,42,48-49,56-57,62-73,79,98,113-115H,9-10,25,30,33-41,43-47H2,1-8H3,(H2,96,116)(H2,97,117)(H,99,121)(H,100,118)(H,101,123)(H,102,124)(H,103,127)(H,104,128)(H,105,126)(H,106,122)(H,107,125)(H,119,120)/t56-,57-,62+,63+,64+,65+,66+,67+,68+,69+,70+,71-,72-,73+,79+/m1/s1. The molecule has 0 aliphatic carbocycles. The maximum atomic E-state index is 15.7. The number of aliphatic carboxylic acids is 1. The lowest BCUT2D eigenvalue weighted by Gasteiger charge is -2.38. The quantitative estimate of drug-likeness (QED) is 0.0366. The van der Waals surface area contributed by atoms with Crippen molar-refractivity contribution >= 4 is 123 Å². The van der Waals surface area contributed by atoms with Gasteiger partial charge < -0.3 is 109 Å². The molecule has 9 rings (SSSR count). The monoisotopic (exact) mass is 1880 g/mol. The second-order valence-corrected chi connectivity index (χ2v) is 35.6. The van der Waals surface area contributed by atoms with E-state index in [2.05, 4.69) is 52.8 Å². The molecule has 0 unspecified atom stereocenters. The number of thioether (sulfide) groups is 1. The molecule has 3 fully saturated rings. The van der Waals surface area contributed by atoms with Gasteiger partial charge in [-0.25, -0.2) is 13.2 Å². The van der Waals surface area contributed by atoms with Crippen molar-refractivity contribution < 1.29 is 115 Å². The van der Waals surface area contributed by atoms with Crippen LogP contribution in [0.5, 0.6) is 5.75 Å². The maximum absolute atomic E-state index is 15.7. The zero-order valence-electron chi connectivity index (χ0n) is 75.3. The number of nitrogens with zero attached hydrogens (tertiary/aromatic N) is 5. The molecule has 134 heavy (non-hydrogen) atoms.